The molecule has 0 aliphatic heterocycles. The lowest BCUT2D eigenvalue weighted by Gasteiger charge is -2.04. The Morgan fingerprint density at radius 2 is 2.05 bits per heavy atom. The summed E-state index contributed by atoms with van der Waals surface area (Å²) in [4.78, 5) is 0.183. The Kier molecular flexibility index (Phi) is 8.98. The van der Waals surface area contributed by atoms with Gasteiger partial charge in [0, 0.05) is 25.9 Å². The van der Waals surface area contributed by atoms with Crippen molar-refractivity contribution in [3.8, 4) is 0 Å². The molecule has 0 saturated heterocycles. The molecular formula is C13H25N3O3S2. The standard InChI is InChI=1S/C13H25N3O3S2/c1-20-10-5-3-2-4-7-15-21(18,19)13-11-14-16(12-13)8-6-9-17/h11-12,15,17H,2-10H2,1H3. The van der Waals surface area contributed by atoms with Crippen LogP contribution in [0.15, 0.2) is 17.3 Å². The highest BCUT2D eigenvalue weighted by atomic mass is 32.2. The molecule has 0 spiro atoms. The fourth-order valence-electron chi connectivity index (χ4n) is 1.85. The minimum atomic E-state index is -3.46. The largest absolute Gasteiger partial charge is 0.396 e. The van der Waals surface area contributed by atoms with Crippen molar-refractivity contribution in [2.45, 2.75) is 43.5 Å². The number of aliphatic hydroxyl groups excluding tert-OH is 1. The van der Waals surface area contributed by atoms with E-state index < -0.39 is 10.0 Å². The fourth-order valence-corrected chi connectivity index (χ4v) is 3.37. The number of aryl methyl sites for hydroxylation is 1. The van der Waals surface area contributed by atoms with E-state index in [1.807, 2.05) is 11.8 Å². The number of nitrogens with one attached hydrogen (secondary N) is 1. The van der Waals surface area contributed by atoms with Crippen molar-refractivity contribution < 1.29 is 13.5 Å². The molecule has 1 aromatic rings. The summed E-state index contributed by atoms with van der Waals surface area (Å²) in [5.41, 5.74) is 0. The molecule has 0 fully saturated rings. The zero-order chi connectivity index (χ0) is 15.6. The van der Waals surface area contributed by atoms with Crippen molar-refractivity contribution in [2.75, 3.05) is 25.2 Å². The van der Waals surface area contributed by atoms with Gasteiger partial charge in [-0.15, -0.1) is 0 Å². The predicted molar refractivity (Wildman–Crippen MR) is 86.0 cm³/mol. The Hall–Kier alpha value is -0.570. The molecule has 0 atom stereocenters. The normalized spacial score (nSPS) is 11.9. The average molecular weight is 335 g/mol. The Labute approximate surface area is 131 Å². The van der Waals surface area contributed by atoms with Crippen LogP contribution in [0.1, 0.15) is 32.1 Å². The maximum atomic E-state index is 12.0. The molecule has 0 unspecified atom stereocenters. The van der Waals surface area contributed by atoms with Crippen molar-refractivity contribution >= 4 is 21.8 Å². The highest BCUT2D eigenvalue weighted by Crippen LogP contribution is 2.08. The summed E-state index contributed by atoms with van der Waals surface area (Å²) in [6, 6.07) is 0. The van der Waals surface area contributed by atoms with Gasteiger partial charge in [0.1, 0.15) is 4.90 Å². The molecule has 2 N–H and O–H groups in total. The number of sulfonamides is 1. The quantitative estimate of drug-likeness (QED) is 0.565. The number of nitrogens with zero attached hydrogens (tertiary/aromatic N) is 2. The molecule has 0 aliphatic carbocycles. The Bertz CT molecular complexity index is 489. The summed E-state index contributed by atoms with van der Waals surface area (Å²) in [6.07, 6.45) is 9.71. The molecule has 21 heavy (non-hydrogen) atoms. The molecule has 0 bridgehead atoms. The minimum absolute atomic E-state index is 0.0662. The van der Waals surface area contributed by atoms with Crippen LogP contribution in [0.2, 0.25) is 0 Å². The van der Waals surface area contributed by atoms with Crippen molar-refractivity contribution in [1.29, 1.82) is 0 Å². The molecule has 0 aromatic carbocycles. The Morgan fingerprint density at radius 1 is 1.29 bits per heavy atom. The van der Waals surface area contributed by atoms with Crippen molar-refractivity contribution in [2.24, 2.45) is 0 Å². The average Bonchev–Trinajstić information content (AvgIpc) is 2.94. The predicted octanol–water partition coefficient (Wildman–Crippen LogP) is 1.47. The number of unbranched alkanes of at least 4 members (excludes halogenated alkanes) is 3. The number of hydrogen-bond acceptors (Lipinski definition) is 5. The Balaban J connectivity index is 2.31. The molecule has 0 aliphatic rings. The van der Waals surface area contributed by atoms with Crippen LogP contribution < -0.4 is 4.72 Å². The van der Waals surface area contributed by atoms with E-state index in [9.17, 15) is 8.42 Å². The number of rotatable bonds is 12. The van der Waals surface area contributed by atoms with Gasteiger partial charge < -0.3 is 5.11 Å². The monoisotopic (exact) mass is 335 g/mol. The summed E-state index contributed by atoms with van der Waals surface area (Å²) in [6.45, 7) is 1.04. The topological polar surface area (TPSA) is 84.2 Å². The summed E-state index contributed by atoms with van der Waals surface area (Å²) in [5, 5.41) is 12.7. The molecule has 1 rings (SSSR count). The van der Waals surface area contributed by atoms with E-state index in [-0.39, 0.29) is 11.5 Å². The van der Waals surface area contributed by atoms with Gasteiger partial charge in [0.15, 0.2) is 0 Å². The van der Waals surface area contributed by atoms with Crippen LogP contribution in [0.3, 0.4) is 0 Å². The van der Waals surface area contributed by atoms with E-state index in [4.69, 9.17) is 5.11 Å². The summed E-state index contributed by atoms with van der Waals surface area (Å²) in [5.74, 6) is 1.17. The number of thioether (sulfide) groups is 1. The highest BCUT2D eigenvalue weighted by Gasteiger charge is 2.15. The molecule has 6 nitrogen and oxygen atoms in total. The molecule has 1 aromatic heterocycles. The minimum Gasteiger partial charge on any atom is -0.396 e. The van der Waals surface area contributed by atoms with Crippen molar-refractivity contribution in [3.05, 3.63) is 12.4 Å². The van der Waals surface area contributed by atoms with Crippen LogP contribution in [-0.2, 0) is 16.6 Å². The van der Waals surface area contributed by atoms with Crippen LogP contribution in [0, 0.1) is 0 Å². The first kappa shape index (κ1) is 18.5. The van der Waals surface area contributed by atoms with Gasteiger partial charge in [-0.05, 0) is 31.3 Å². The van der Waals surface area contributed by atoms with Crippen molar-refractivity contribution in [1.82, 2.24) is 14.5 Å². The maximum absolute atomic E-state index is 12.0. The van der Waals surface area contributed by atoms with Gasteiger partial charge in [-0.25, -0.2) is 13.1 Å². The zero-order valence-corrected chi connectivity index (χ0v) is 14.1. The molecule has 122 valence electrons. The van der Waals surface area contributed by atoms with Crippen LogP contribution in [0.5, 0.6) is 0 Å². The van der Waals surface area contributed by atoms with E-state index in [0.29, 0.717) is 19.5 Å². The van der Waals surface area contributed by atoms with Gasteiger partial charge in [-0.2, -0.15) is 16.9 Å². The summed E-state index contributed by atoms with van der Waals surface area (Å²) < 4.78 is 28.2. The van der Waals surface area contributed by atoms with Gasteiger partial charge in [-0.3, -0.25) is 4.68 Å². The van der Waals surface area contributed by atoms with E-state index in [0.717, 1.165) is 19.3 Å². The third-order valence-corrected chi connectivity index (χ3v) is 5.15. The lowest BCUT2D eigenvalue weighted by molar-refractivity contribution is 0.277. The van der Waals surface area contributed by atoms with Crippen LogP contribution in [0.25, 0.3) is 0 Å². The first-order chi connectivity index (χ1) is 10.1. The van der Waals surface area contributed by atoms with E-state index in [1.165, 1.54) is 29.2 Å². The van der Waals surface area contributed by atoms with Gasteiger partial charge in [0.25, 0.3) is 0 Å². The zero-order valence-electron chi connectivity index (χ0n) is 12.5. The van der Waals surface area contributed by atoms with Gasteiger partial charge in [-0.1, -0.05) is 12.8 Å². The second-order valence-corrected chi connectivity index (χ2v) is 7.57. The number of aromatic nitrogens is 2. The van der Waals surface area contributed by atoms with E-state index in [1.54, 1.807) is 0 Å². The van der Waals surface area contributed by atoms with Gasteiger partial charge in [0.05, 0.1) is 6.20 Å². The number of aliphatic hydroxyl groups is 1. The lowest BCUT2D eigenvalue weighted by Crippen LogP contribution is -2.24. The first-order valence-corrected chi connectivity index (χ1v) is 10.1. The lowest BCUT2D eigenvalue weighted by atomic mass is 10.2. The summed E-state index contributed by atoms with van der Waals surface area (Å²) >= 11 is 1.84. The fraction of sp³-hybridized carbons (Fsp3) is 0.769. The van der Waals surface area contributed by atoms with E-state index >= 15 is 0 Å². The molecule has 8 heteroatoms. The third-order valence-electron chi connectivity index (χ3n) is 3.03. The maximum Gasteiger partial charge on any atom is 0.243 e. The van der Waals surface area contributed by atoms with Crippen LogP contribution in [-0.4, -0.2) is 48.5 Å². The van der Waals surface area contributed by atoms with Crippen molar-refractivity contribution in [3.63, 3.8) is 0 Å². The SMILES string of the molecule is CSCCCCCCNS(=O)(=O)c1cnn(CCCO)c1. The first-order valence-electron chi connectivity index (χ1n) is 7.22. The molecule has 0 saturated carbocycles. The third kappa shape index (κ3) is 7.30. The van der Waals surface area contributed by atoms with Gasteiger partial charge >= 0.3 is 0 Å². The molecule has 1 heterocycles. The van der Waals surface area contributed by atoms with Crippen LogP contribution >= 0.6 is 11.8 Å². The molecule has 0 radical (unpaired) electrons. The van der Waals surface area contributed by atoms with Gasteiger partial charge in [0.2, 0.25) is 10.0 Å². The highest BCUT2D eigenvalue weighted by molar-refractivity contribution is 7.98. The second kappa shape index (κ2) is 10.2. The molecular weight excluding hydrogens is 310 g/mol. The second-order valence-electron chi connectivity index (χ2n) is 4.82. The summed E-state index contributed by atoms with van der Waals surface area (Å²) in [7, 11) is -3.46. The molecule has 0 amide bonds. The smallest absolute Gasteiger partial charge is 0.243 e. The van der Waals surface area contributed by atoms with Crippen LogP contribution in [0.4, 0.5) is 0 Å². The number of hydrogen-bond donors (Lipinski definition) is 2. The van der Waals surface area contributed by atoms with E-state index in [2.05, 4.69) is 16.1 Å². The Morgan fingerprint density at radius 3 is 2.76 bits per heavy atom.